The van der Waals surface area contributed by atoms with Crippen molar-refractivity contribution in [3.63, 3.8) is 0 Å². The summed E-state index contributed by atoms with van der Waals surface area (Å²) in [5, 5.41) is 0.584. The molecule has 158 valence electrons. The number of rotatable bonds is 5. The van der Waals surface area contributed by atoms with Crippen LogP contribution >= 0.6 is 23.2 Å². The summed E-state index contributed by atoms with van der Waals surface area (Å²) in [6, 6.07) is 8.68. The van der Waals surface area contributed by atoms with Gasteiger partial charge in [0.15, 0.2) is 12.4 Å². The molecule has 3 rings (SSSR count). The van der Waals surface area contributed by atoms with E-state index >= 15 is 0 Å². The monoisotopic (exact) mass is 452 g/mol. The molecule has 30 heavy (non-hydrogen) atoms. The predicted molar refractivity (Wildman–Crippen MR) is 112 cm³/mol. The van der Waals surface area contributed by atoms with Gasteiger partial charge in [-0.15, -0.1) is 0 Å². The molecule has 1 heterocycles. The van der Waals surface area contributed by atoms with E-state index in [1.807, 2.05) is 4.90 Å². The number of amides is 1. The number of piperazine rings is 1. The highest BCUT2D eigenvalue weighted by molar-refractivity contribution is 6.35. The SMILES string of the molecule is CC(=O)c1ccc(N2CCN(C(=O)COC(=O)c3cc(Cl)cc(Cl)c3)CC2)c(F)c1. The number of carbonyl (C=O) groups is 3. The minimum Gasteiger partial charge on any atom is -0.452 e. The number of hydrogen-bond donors (Lipinski definition) is 0. The maximum Gasteiger partial charge on any atom is 0.338 e. The van der Waals surface area contributed by atoms with Gasteiger partial charge in [0, 0.05) is 41.8 Å². The molecule has 0 radical (unpaired) electrons. The van der Waals surface area contributed by atoms with Gasteiger partial charge in [0.1, 0.15) is 5.82 Å². The fourth-order valence-electron chi connectivity index (χ4n) is 3.15. The number of halogens is 3. The highest BCUT2D eigenvalue weighted by Gasteiger charge is 2.24. The van der Waals surface area contributed by atoms with Crippen molar-refractivity contribution in [3.8, 4) is 0 Å². The van der Waals surface area contributed by atoms with Crippen LogP contribution in [0, 0.1) is 5.82 Å². The summed E-state index contributed by atoms with van der Waals surface area (Å²) >= 11 is 11.7. The Morgan fingerprint density at radius 3 is 2.17 bits per heavy atom. The molecule has 2 aromatic carbocycles. The van der Waals surface area contributed by atoms with Crippen molar-refractivity contribution in [2.24, 2.45) is 0 Å². The minimum atomic E-state index is -0.695. The van der Waals surface area contributed by atoms with Crippen LogP contribution in [0.1, 0.15) is 27.6 Å². The quantitative estimate of drug-likeness (QED) is 0.509. The fourth-order valence-corrected chi connectivity index (χ4v) is 3.68. The Morgan fingerprint density at radius 2 is 1.60 bits per heavy atom. The summed E-state index contributed by atoms with van der Waals surface area (Å²) in [6.45, 7) is 2.51. The normalized spacial score (nSPS) is 13.9. The lowest BCUT2D eigenvalue weighted by atomic mass is 10.1. The summed E-state index contributed by atoms with van der Waals surface area (Å²) in [5.74, 6) is -1.72. The molecule has 1 aliphatic heterocycles. The van der Waals surface area contributed by atoms with E-state index in [0.717, 1.165) is 0 Å². The second-order valence-electron chi connectivity index (χ2n) is 6.82. The minimum absolute atomic E-state index is 0.162. The van der Waals surface area contributed by atoms with Crippen LogP contribution in [0.25, 0.3) is 0 Å². The number of carbonyl (C=O) groups excluding carboxylic acids is 3. The number of ether oxygens (including phenoxy) is 1. The molecule has 1 aliphatic rings. The average Bonchev–Trinajstić information content (AvgIpc) is 2.71. The lowest BCUT2D eigenvalue weighted by molar-refractivity contribution is -0.134. The number of nitrogens with zero attached hydrogens (tertiary/aromatic N) is 2. The van der Waals surface area contributed by atoms with Crippen molar-refractivity contribution in [1.29, 1.82) is 0 Å². The first-order valence-corrected chi connectivity index (χ1v) is 9.96. The van der Waals surface area contributed by atoms with Crippen molar-refractivity contribution in [2.75, 3.05) is 37.7 Å². The van der Waals surface area contributed by atoms with Gasteiger partial charge in [0.25, 0.3) is 5.91 Å². The van der Waals surface area contributed by atoms with Crippen LogP contribution in [0.15, 0.2) is 36.4 Å². The topological polar surface area (TPSA) is 66.9 Å². The van der Waals surface area contributed by atoms with Crippen LogP contribution in [-0.2, 0) is 9.53 Å². The highest BCUT2D eigenvalue weighted by Crippen LogP contribution is 2.23. The van der Waals surface area contributed by atoms with Gasteiger partial charge >= 0.3 is 5.97 Å². The lowest BCUT2D eigenvalue weighted by Crippen LogP contribution is -2.50. The van der Waals surface area contributed by atoms with Gasteiger partial charge in [-0.2, -0.15) is 0 Å². The zero-order chi connectivity index (χ0) is 21.8. The number of anilines is 1. The smallest absolute Gasteiger partial charge is 0.338 e. The summed E-state index contributed by atoms with van der Waals surface area (Å²) in [4.78, 5) is 39.2. The van der Waals surface area contributed by atoms with Gasteiger partial charge in [-0.05, 0) is 43.3 Å². The Bertz CT molecular complexity index is 971. The molecule has 0 spiro atoms. The molecule has 0 atom stereocenters. The molecule has 0 N–H and O–H groups in total. The fraction of sp³-hybridized carbons (Fsp3) is 0.286. The number of Topliss-reactive ketones (excluding diaryl/α,β-unsaturated/α-hetero) is 1. The molecule has 1 saturated heterocycles. The largest absolute Gasteiger partial charge is 0.452 e. The molecule has 0 bridgehead atoms. The standard InChI is InChI=1S/C21H19Cl2FN2O4/c1-13(27)14-2-3-19(18(24)10-14)25-4-6-26(7-5-25)20(28)12-30-21(29)15-8-16(22)11-17(23)9-15/h2-3,8-11H,4-7,12H2,1H3. The Morgan fingerprint density at radius 1 is 0.967 bits per heavy atom. The van der Waals surface area contributed by atoms with Crippen molar-refractivity contribution >= 4 is 46.5 Å². The molecule has 9 heteroatoms. The summed E-state index contributed by atoms with van der Waals surface area (Å²) in [6.07, 6.45) is 0. The molecule has 2 aromatic rings. The van der Waals surface area contributed by atoms with Crippen LogP contribution < -0.4 is 4.90 Å². The van der Waals surface area contributed by atoms with Gasteiger partial charge in [0.2, 0.25) is 0 Å². The Hall–Kier alpha value is -2.64. The molecule has 6 nitrogen and oxygen atoms in total. The van der Waals surface area contributed by atoms with Crippen molar-refractivity contribution in [3.05, 3.63) is 63.4 Å². The third-order valence-electron chi connectivity index (χ3n) is 4.75. The van der Waals surface area contributed by atoms with E-state index in [2.05, 4.69) is 0 Å². The molecule has 0 aromatic heterocycles. The maximum absolute atomic E-state index is 14.3. The first-order valence-electron chi connectivity index (χ1n) is 9.21. The molecule has 0 unspecified atom stereocenters. The molecular formula is C21H19Cl2FN2O4. The van der Waals surface area contributed by atoms with Crippen LogP contribution in [0.2, 0.25) is 10.0 Å². The summed E-state index contributed by atoms with van der Waals surface area (Å²) in [7, 11) is 0. The van der Waals surface area contributed by atoms with Crippen LogP contribution in [0.3, 0.4) is 0 Å². The maximum atomic E-state index is 14.3. The van der Waals surface area contributed by atoms with E-state index in [1.54, 1.807) is 17.0 Å². The van der Waals surface area contributed by atoms with Gasteiger partial charge in [-0.25, -0.2) is 9.18 Å². The molecule has 0 aliphatic carbocycles. The first-order chi connectivity index (χ1) is 14.2. The summed E-state index contributed by atoms with van der Waals surface area (Å²) < 4.78 is 19.4. The number of hydrogen-bond acceptors (Lipinski definition) is 5. The van der Waals surface area contributed by atoms with Gasteiger partial charge < -0.3 is 14.5 Å². The third kappa shape index (κ3) is 5.29. The number of esters is 1. The molecule has 0 saturated carbocycles. The second kappa shape index (κ2) is 9.45. The lowest BCUT2D eigenvalue weighted by Gasteiger charge is -2.36. The third-order valence-corrected chi connectivity index (χ3v) is 5.19. The Labute approximate surface area is 183 Å². The summed E-state index contributed by atoms with van der Waals surface area (Å²) in [5.41, 5.74) is 0.860. The van der Waals surface area contributed by atoms with E-state index < -0.39 is 18.4 Å². The van der Waals surface area contributed by atoms with Gasteiger partial charge in [0.05, 0.1) is 11.3 Å². The predicted octanol–water partition coefficient (Wildman–Crippen LogP) is 3.84. The number of ketones is 1. The van der Waals surface area contributed by atoms with Crippen molar-refractivity contribution in [2.45, 2.75) is 6.92 Å². The van der Waals surface area contributed by atoms with Crippen LogP contribution in [-0.4, -0.2) is 55.3 Å². The van der Waals surface area contributed by atoms with Crippen LogP contribution in [0.5, 0.6) is 0 Å². The highest BCUT2D eigenvalue weighted by atomic mass is 35.5. The second-order valence-corrected chi connectivity index (χ2v) is 7.70. The van der Waals surface area contributed by atoms with E-state index in [-0.39, 0.29) is 17.3 Å². The Balaban J connectivity index is 1.53. The van der Waals surface area contributed by atoms with Gasteiger partial charge in [-0.1, -0.05) is 23.2 Å². The zero-order valence-corrected chi connectivity index (χ0v) is 17.7. The van der Waals surface area contributed by atoms with Crippen molar-refractivity contribution in [1.82, 2.24) is 4.90 Å². The molecule has 1 fully saturated rings. The van der Waals surface area contributed by atoms with Crippen molar-refractivity contribution < 1.29 is 23.5 Å². The van der Waals surface area contributed by atoms with Gasteiger partial charge in [-0.3, -0.25) is 9.59 Å². The first kappa shape index (κ1) is 22.1. The average molecular weight is 453 g/mol. The van der Waals surface area contributed by atoms with E-state index in [0.29, 0.717) is 47.5 Å². The van der Waals surface area contributed by atoms with E-state index in [9.17, 15) is 18.8 Å². The van der Waals surface area contributed by atoms with Crippen LogP contribution in [0.4, 0.5) is 10.1 Å². The molecular weight excluding hydrogens is 434 g/mol. The number of benzene rings is 2. The zero-order valence-electron chi connectivity index (χ0n) is 16.2. The Kier molecular flexibility index (Phi) is 6.95. The van der Waals surface area contributed by atoms with E-state index in [1.165, 1.54) is 31.2 Å². The van der Waals surface area contributed by atoms with E-state index in [4.69, 9.17) is 27.9 Å². The molecule has 1 amide bonds.